The average Bonchev–Trinajstić information content (AvgIpc) is 3.42. The van der Waals surface area contributed by atoms with Crippen LogP contribution in [0.15, 0.2) is 18.2 Å². The highest BCUT2D eigenvalue weighted by molar-refractivity contribution is 5.93. The summed E-state index contributed by atoms with van der Waals surface area (Å²) in [4.78, 5) is 29.1. The third-order valence-electron chi connectivity index (χ3n) is 5.98. The van der Waals surface area contributed by atoms with Crippen LogP contribution in [0, 0.1) is 5.92 Å². The molecule has 0 spiro atoms. The minimum absolute atomic E-state index is 0.0438. The van der Waals surface area contributed by atoms with Crippen molar-refractivity contribution in [2.75, 3.05) is 51.2 Å². The van der Waals surface area contributed by atoms with Crippen LogP contribution in [-0.4, -0.2) is 63.8 Å². The van der Waals surface area contributed by atoms with Crippen molar-refractivity contribution in [2.45, 2.75) is 51.2 Å². The summed E-state index contributed by atoms with van der Waals surface area (Å²) in [5, 5.41) is 3.08. The Labute approximate surface area is 179 Å². The Bertz CT molecular complexity index is 725. The van der Waals surface area contributed by atoms with E-state index in [2.05, 4.69) is 5.32 Å². The van der Waals surface area contributed by atoms with Crippen molar-refractivity contribution < 1.29 is 19.1 Å². The molecule has 2 amide bonds. The number of nitrogens with zero attached hydrogens (tertiary/aromatic N) is 2. The van der Waals surface area contributed by atoms with Gasteiger partial charge in [0.1, 0.15) is 6.61 Å². The number of nitrogens with one attached hydrogen (secondary N) is 1. The maximum atomic E-state index is 12.7. The molecule has 30 heavy (non-hydrogen) atoms. The fourth-order valence-corrected chi connectivity index (χ4v) is 4.37. The maximum absolute atomic E-state index is 12.7. The number of amides is 2. The van der Waals surface area contributed by atoms with E-state index in [1.165, 1.54) is 7.11 Å². The number of rotatable bonds is 9. The minimum Gasteiger partial charge on any atom is -0.377 e. The first-order chi connectivity index (χ1) is 14.5. The first-order valence-corrected chi connectivity index (χ1v) is 11.0. The molecule has 7 heteroatoms. The topological polar surface area (TPSA) is 71.1 Å². The molecule has 0 aromatic heterocycles. The van der Waals surface area contributed by atoms with Gasteiger partial charge in [0.2, 0.25) is 11.8 Å². The summed E-state index contributed by atoms with van der Waals surface area (Å²) in [5.74, 6) is 0.155. The van der Waals surface area contributed by atoms with Crippen molar-refractivity contribution in [1.82, 2.24) is 4.90 Å². The molecule has 1 heterocycles. The predicted octanol–water partition coefficient (Wildman–Crippen LogP) is 3.04. The molecule has 7 nitrogen and oxygen atoms in total. The lowest BCUT2D eigenvalue weighted by Gasteiger charge is -2.28. The van der Waals surface area contributed by atoms with Gasteiger partial charge in [-0.25, -0.2) is 0 Å². The third kappa shape index (κ3) is 5.95. The normalized spacial score (nSPS) is 19.1. The molecule has 0 radical (unpaired) electrons. The summed E-state index contributed by atoms with van der Waals surface area (Å²) in [7, 11) is 5.50. The number of carbonyl (C=O) groups excluding carboxylic acids is 2. The molecule has 3 rings (SSSR count). The van der Waals surface area contributed by atoms with E-state index >= 15 is 0 Å². The molecule has 1 aliphatic heterocycles. The number of anilines is 2. The van der Waals surface area contributed by atoms with Crippen molar-refractivity contribution in [3.8, 4) is 0 Å². The minimum atomic E-state index is -0.0573. The second kappa shape index (κ2) is 10.8. The Balaban J connectivity index is 1.78. The lowest BCUT2D eigenvalue weighted by molar-refractivity contribution is -0.137. The maximum Gasteiger partial charge on any atom is 0.248 e. The van der Waals surface area contributed by atoms with Crippen molar-refractivity contribution in [3.63, 3.8) is 0 Å². The number of methoxy groups -OCH3 is 1. The van der Waals surface area contributed by atoms with Crippen LogP contribution < -0.4 is 10.2 Å². The number of benzene rings is 1. The van der Waals surface area contributed by atoms with Crippen LogP contribution in [0.25, 0.3) is 0 Å². The molecule has 166 valence electrons. The monoisotopic (exact) mass is 417 g/mol. The van der Waals surface area contributed by atoms with Crippen molar-refractivity contribution in [2.24, 2.45) is 5.92 Å². The first-order valence-electron chi connectivity index (χ1n) is 11.0. The van der Waals surface area contributed by atoms with Crippen LogP contribution in [0.2, 0.25) is 0 Å². The van der Waals surface area contributed by atoms with Crippen molar-refractivity contribution in [1.29, 1.82) is 0 Å². The average molecular weight is 418 g/mol. The molecule has 2 fully saturated rings. The Hall–Kier alpha value is -2.12. The number of hydrogen-bond acceptors (Lipinski definition) is 5. The summed E-state index contributed by atoms with van der Waals surface area (Å²) in [6.07, 6.45) is 6.26. The number of carbonyl (C=O) groups is 2. The molecular formula is C23H35N3O4. The number of hydrogen-bond donors (Lipinski definition) is 1. The molecule has 0 unspecified atom stereocenters. The predicted molar refractivity (Wildman–Crippen MR) is 118 cm³/mol. The smallest absolute Gasteiger partial charge is 0.248 e. The first kappa shape index (κ1) is 22.6. The Kier molecular flexibility index (Phi) is 8.10. The van der Waals surface area contributed by atoms with E-state index in [1.54, 1.807) is 0 Å². The fourth-order valence-electron chi connectivity index (χ4n) is 4.37. The summed E-state index contributed by atoms with van der Waals surface area (Å²) in [5.41, 5.74) is 2.80. The molecule has 1 N–H and O–H groups in total. The van der Waals surface area contributed by atoms with Gasteiger partial charge in [-0.2, -0.15) is 0 Å². The highest BCUT2D eigenvalue weighted by Crippen LogP contribution is 2.28. The Morgan fingerprint density at radius 3 is 2.57 bits per heavy atom. The Morgan fingerprint density at radius 2 is 1.93 bits per heavy atom. The second-order valence-electron chi connectivity index (χ2n) is 8.55. The van der Waals surface area contributed by atoms with E-state index in [4.69, 9.17) is 9.47 Å². The second-order valence-corrected chi connectivity index (χ2v) is 8.55. The van der Waals surface area contributed by atoms with Crippen molar-refractivity contribution >= 4 is 23.2 Å². The lowest BCUT2D eigenvalue weighted by Crippen LogP contribution is -2.39. The van der Waals surface area contributed by atoms with Crippen molar-refractivity contribution in [3.05, 3.63) is 23.8 Å². The molecule has 1 atom stereocenters. The summed E-state index contributed by atoms with van der Waals surface area (Å²) >= 11 is 0. The van der Waals surface area contributed by atoms with Gasteiger partial charge in [-0.3, -0.25) is 9.59 Å². The molecule has 2 aliphatic rings. The molecule has 1 aromatic rings. The molecule has 0 bridgehead atoms. The zero-order valence-electron chi connectivity index (χ0n) is 18.5. The Morgan fingerprint density at radius 1 is 1.17 bits per heavy atom. The van der Waals surface area contributed by atoms with Crippen LogP contribution in [0.5, 0.6) is 0 Å². The van der Waals surface area contributed by atoms with Crippen LogP contribution in [0.1, 0.15) is 44.1 Å². The van der Waals surface area contributed by atoms with Crippen LogP contribution in [0.3, 0.4) is 0 Å². The van der Waals surface area contributed by atoms with Gasteiger partial charge in [-0.1, -0.05) is 12.8 Å². The van der Waals surface area contributed by atoms with Gasteiger partial charge in [0, 0.05) is 58.2 Å². The quantitative estimate of drug-likeness (QED) is 0.669. The molecule has 1 aliphatic carbocycles. The third-order valence-corrected chi connectivity index (χ3v) is 5.98. The van der Waals surface area contributed by atoms with Crippen LogP contribution in [0.4, 0.5) is 11.4 Å². The molecule has 1 saturated heterocycles. The van der Waals surface area contributed by atoms with Gasteiger partial charge in [-0.05, 0) is 49.4 Å². The molecule has 1 aromatic carbocycles. The van der Waals surface area contributed by atoms with Crippen LogP contribution in [-0.2, 0) is 25.6 Å². The standard InChI is InChI=1S/C23H35N3O4/c1-25(2)21-11-10-19(24-23(28)17-7-4-5-8-17)13-18(21)14-26(22(27)16-29-3)15-20-9-6-12-30-20/h10-11,13,17,20H,4-9,12,14-16H2,1-3H3,(H,24,28)/t20-/m0/s1. The molecule has 1 saturated carbocycles. The zero-order chi connectivity index (χ0) is 21.5. The largest absolute Gasteiger partial charge is 0.377 e. The summed E-state index contributed by atoms with van der Waals surface area (Å²) in [6, 6.07) is 5.93. The number of ether oxygens (including phenoxy) is 2. The molecular weight excluding hydrogens is 382 g/mol. The van der Waals surface area contributed by atoms with E-state index in [-0.39, 0.29) is 30.4 Å². The van der Waals surface area contributed by atoms with E-state index in [9.17, 15) is 9.59 Å². The van der Waals surface area contributed by atoms with Gasteiger partial charge in [0.05, 0.1) is 6.10 Å². The fraction of sp³-hybridized carbons (Fsp3) is 0.652. The summed E-state index contributed by atoms with van der Waals surface area (Å²) < 4.78 is 10.9. The van der Waals surface area contributed by atoms with E-state index < -0.39 is 0 Å². The van der Waals surface area contributed by atoms with E-state index in [1.807, 2.05) is 42.1 Å². The van der Waals surface area contributed by atoms with Gasteiger partial charge in [0.25, 0.3) is 0 Å². The van der Waals surface area contributed by atoms with Crippen LogP contribution >= 0.6 is 0 Å². The van der Waals surface area contributed by atoms with Gasteiger partial charge in [-0.15, -0.1) is 0 Å². The van der Waals surface area contributed by atoms with Gasteiger partial charge in [0.15, 0.2) is 0 Å². The zero-order valence-corrected chi connectivity index (χ0v) is 18.5. The van der Waals surface area contributed by atoms with E-state index in [0.717, 1.165) is 62.1 Å². The SMILES string of the molecule is COCC(=O)N(Cc1cc(NC(=O)C2CCCC2)ccc1N(C)C)C[C@@H]1CCCO1. The lowest BCUT2D eigenvalue weighted by atomic mass is 10.1. The highest BCUT2D eigenvalue weighted by atomic mass is 16.5. The van der Waals surface area contributed by atoms with Gasteiger partial charge < -0.3 is 24.6 Å². The van der Waals surface area contributed by atoms with E-state index in [0.29, 0.717) is 13.1 Å². The summed E-state index contributed by atoms with van der Waals surface area (Å²) in [6.45, 7) is 1.79. The highest BCUT2D eigenvalue weighted by Gasteiger charge is 2.25. The van der Waals surface area contributed by atoms with Gasteiger partial charge >= 0.3 is 0 Å².